The Kier molecular flexibility index (Phi) is 12.2. The molecule has 2 saturated carbocycles. The highest BCUT2D eigenvalue weighted by Gasteiger charge is 2.57. The number of fused-ring (bicyclic) bond motifs is 2. The summed E-state index contributed by atoms with van der Waals surface area (Å²) in [7, 11) is 2.68. The number of carbonyl (C=O) groups is 2. The van der Waals surface area contributed by atoms with E-state index in [4.69, 9.17) is 16.3 Å². The SMILES string of the molecule is COC(=O)C1(c2c([N+](=O)[O-])cnc3cc(F)c(Br)cc23)CC(n2cccn2)C1.COC(=O)C1CC(n2cccn2)C1.O=[N+]([O-])c1cnc2cc(F)c(Br)cc2c1Cl. The Morgan fingerprint density at radius 3 is 1.82 bits per heavy atom. The lowest BCUT2D eigenvalue weighted by Crippen LogP contribution is -2.49. The second-order valence-corrected chi connectivity index (χ2v) is 15.1. The molecule has 57 heavy (non-hydrogen) atoms. The topological polar surface area (TPSA) is 200 Å². The minimum Gasteiger partial charge on any atom is -0.469 e. The van der Waals surface area contributed by atoms with Gasteiger partial charge in [-0.1, -0.05) is 11.6 Å². The summed E-state index contributed by atoms with van der Waals surface area (Å²) in [6.07, 6.45) is 11.4. The summed E-state index contributed by atoms with van der Waals surface area (Å²) in [6, 6.07) is 9.07. The third-order valence-electron chi connectivity index (χ3n) is 9.78. The molecule has 21 heteroatoms. The molecule has 8 rings (SSSR count). The number of halogens is 5. The molecule has 16 nitrogen and oxygen atoms in total. The first-order valence-corrected chi connectivity index (χ1v) is 18.8. The van der Waals surface area contributed by atoms with Crippen LogP contribution in [0.1, 0.15) is 43.3 Å². The summed E-state index contributed by atoms with van der Waals surface area (Å²) in [5.74, 6) is -1.63. The van der Waals surface area contributed by atoms with E-state index in [0.717, 1.165) is 31.3 Å². The van der Waals surface area contributed by atoms with Crippen molar-refractivity contribution in [1.29, 1.82) is 0 Å². The van der Waals surface area contributed by atoms with Crippen LogP contribution in [0.4, 0.5) is 20.2 Å². The minimum atomic E-state index is -1.24. The van der Waals surface area contributed by atoms with Gasteiger partial charge in [-0.3, -0.25) is 39.2 Å². The van der Waals surface area contributed by atoms with Crippen LogP contribution < -0.4 is 0 Å². The van der Waals surface area contributed by atoms with Crippen molar-refractivity contribution in [2.45, 2.75) is 43.2 Å². The maximum absolute atomic E-state index is 14.0. The van der Waals surface area contributed by atoms with Crippen LogP contribution in [0.3, 0.4) is 0 Å². The van der Waals surface area contributed by atoms with Gasteiger partial charge in [0.15, 0.2) is 0 Å². The third kappa shape index (κ3) is 8.19. The number of aromatic nitrogens is 6. The summed E-state index contributed by atoms with van der Waals surface area (Å²) in [6.45, 7) is 0. The largest absolute Gasteiger partial charge is 0.469 e. The van der Waals surface area contributed by atoms with E-state index in [-0.39, 0.29) is 72.7 Å². The Morgan fingerprint density at radius 2 is 1.33 bits per heavy atom. The number of nitro groups is 2. The normalized spacial score (nSPS) is 19.5. The molecule has 2 fully saturated rings. The maximum atomic E-state index is 14.0. The Balaban J connectivity index is 0.000000160. The van der Waals surface area contributed by atoms with Gasteiger partial charge in [0.1, 0.15) is 34.5 Å². The Labute approximate surface area is 342 Å². The predicted octanol–water partition coefficient (Wildman–Crippen LogP) is 8.39. The fourth-order valence-electron chi connectivity index (χ4n) is 6.85. The molecular formula is C36H29Br2ClF2N8O8. The summed E-state index contributed by atoms with van der Waals surface area (Å²) in [5, 5.41) is 31.3. The number of esters is 2. The van der Waals surface area contributed by atoms with Gasteiger partial charge in [0, 0.05) is 47.7 Å². The Hall–Kier alpha value is -5.47. The molecule has 0 saturated heterocycles. The van der Waals surface area contributed by atoms with E-state index in [1.165, 1.54) is 32.4 Å². The number of hydrogen-bond acceptors (Lipinski definition) is 12. The molecule has 296 valence electrons. The number of rotatable bonds is 7. The molecule has 2 aliphatic carbocycles. The van der Waals surface area contributed by atoms with Gasteiger partial charge in [0.25, 0.3) is 5.69 Å². The van der Waals surface area contributed by atoms with Crippen molar-refractivity contribution in [3.63, 3.8) is 0 Å². The van der Waals surface area contributed by atoms with Gasteiger partial charge in [-0.25, -0.2) is 18.7 Å². The van der Waals surface area contributed by atoms with Crippen LogP contribution in [0.15, 0.2) is 82.5 Å². The van der Waals surface area contributed by atoms with Crippen molar-refractivity contribution in [1.82, 2.24) is 29.5 Å². The Morgan fingerprint density at radius 1 is 0.825 bits per heavy atom. The first-order valence-electron chi connectivity index (χ1n) is 16.8. The van der Waals surface area contributed by atoms with Gasteiger partial charge in [-0.15, -0.1) is 0 Å². The van der Waals surface area contributed by atoms with Crippen LogP contribution in [0, 0.1) is 37.8 Å². The van der Waals surface area contributed by atoms with Gasteiger partial charge < -0.3 is 9.47 Å². The van der Waals surface area contributed by atoms with E-state index in [2.05, 4.69) is 56.8 Å². The highest BCUT2D eigenvalue weighted by molar-refractivity contribution is 9.10. The predicted molar refractivity (Wildman–Crippen MR) is 207 cm³/mol. The van der Waals surface area contributed by atoms with E-state index in [1.54, 1.807) is 29.3 Å². The quantitative estimate of drug-likeness (QED) is 0.0842. The summed E-state index contributed by atoms with van der Waals surface area (Å²) in [4.78, 5) is 52.8. The van der Waals surface area contributed by atoms with Gasteiger partial charge in [0.05, 0.1) is 67.6 Å². The molecule has 0 atom stereocenters. The number of pyridine rings is 2. The monoisotopic (exact) mass is 932 g/mol. The average Bonchev–Trinajstić information content (AvgIpc) is 3.88. The van der Waals surface area contributed by atoms with E-state index in [9.17, 15) is 38.6 Å². The smallest absolute Gasteiger partial charge is 0.316 e. The molecule has 4 aromatic heterocycles. The lowest BCUT2D eigenvalue weighted by atomic mass is 9.60. The van der Waals surface area contributed by atoms with Crippen molar-refractivity contribution in [2.75, 3.05) is 14.2 Å². The van der Waals surface area contributed by atoms with Crippen LogP contribution in [0.2, 0.25) is 5.02 Å². The number of hydrogen-bond donors (Lipinski definition) is 0. The first-order chi connectivity index (χ1) is 27.2. The molecular weight excluding hydrogens is 906 g/mol. The van der Waals surface area contributed by atoms with Crippen molar-refractivity contribution >= 4 is 88.6 Å². The zero-order chi connectivity index (χ0) is 41.2. The van der Waals surface area contributed by atoms with E-state index in [0.29, 0.717) is 16.8 Å². The number of methoxy groups -OCH3 is 2. The molecule has 0 unspecified atom stereocenters. The molecule has 2 aromatic carbocycles. The fourth-order valence-corrected chi connectivity index (χ4v) is 7.80. The van der Waals surface area contributed by atoms with Crippen LogP contribution in [0.5, 0.6) is 0 Å². The molecule has 0 spiro atoms. The second-order valence-electron chi connectivity index (χ2n) is 13.0. The van der Waals surface area contributed by atoms with E-state index < -0.39 is 32.9 Å². The standard InChI is InChI=1S/C18H14BrFN4O4.C9H3BrClFN2O2.C9H12N2O2/c1-28-17(25)18(7-10(8-18)23-4-2-3-22-23)16-11-5-12(19)13(20)6-14(11)21-9-15(16)24(26)27;10-5-1-4-7(2-6(5)12)13-3-8(9(4)11)14(15)16;1-13-9(12)7-5-8(6-7)11-4-2-3-10-11/h2-6,9-10H,7-8H2,1H3;1-3H;2-4,7-8H,5-6H2,1H3. The van der Waals surface area contributed by atoms with Gasteiger partial charge in [0.2, 0.25) is 0 Å². The zero-order valence-electron chi connectivity index (χ0n) is 29.7. The van der Waals surface area contributed by atoms with Crippen molar-refractivity contribution in [3.05, 3.63) is 125 Å². The highest BCUT2D eigenvalue weighted by atomic mass is 79.9. The lowest BCUT2D eigenvalue weighted by Gasteiger charge is -2.45. The van der Waals surface area contributed by atoms with Gasteiger partial charge in [-0.05, 0) is 81.8 Å². The molecule has 0 N–H and O–H groups in total. The third-order valence-corrected chi connectivity index (χ3v) is 11.4. The van der Waals surface area contributed by atoms with Gasteiger partial charge >= 0.3 is 17.6 Å². The number of carbonyl (C=O) groups excluding carboxylic acids is 2. The van der Waals surface area contributed by atoms with E-state index >= 15 is 0 Å². The minimum absolute atomic E-state index is 0.0456. The summed E-state index contributed by atoms with van der Waals surface area (Å²) < 4.78 is 40.8. The molecule has 4 heterocycles. The molecule has 2 aliphatic rings. The number of nitrogens with zero attached hydrogens (tertiary/aromatic N) is 8. The molecule has 0 aliphatic heterocycles. The van der Waals surface area contributed by atoms with Crippen LogP contribution >= 0.6 is 43.5 Å². The van der Waals surface area contributed by atoms with Crippen LogP contribution in [0.25, 0.3) is 21.8 Å². The summed E-state index contributed by atoms with van der Waals surface area (Å²) >= 11 is 11.9. The first kappa shape index (κ1) is 41.2. The second kappa shape index (κ2) is 16.9. The molecule has 0 radical (unpaired) electrons. The molecule has 6 aromatic rings. The lowest BCUT2D eigenvalue weighted by molar-refractivity contribution is -0.386. The molecule has 0 bridgehead atoms. The number of ether oxygens (including phenoxy) is 2. The van der Waals surface area contributed by atoms with Crippen molar-refractivity contribution < 1.29 is 37.7 Å². The summed E-state index contributed by atoms with van der Waals surface area (Å²) in [5.41, 5.74) is -1.14. The Bertz CT molecular complexity index is 2500. The van der Waals surface area contributed by atoms with E-state index in [1.807, 2.05) is 16.9 Å². The van der Waals surface area contributed by atoms with Gasteiger partial charge in [-0.2, -0.15) is 10.2 Å². The maximum Gasteiger partial charge on any atom is 0.316 e. The fraction of sp³-hybridized carbons (Fsp3) is 0.278. The molecule has 0 amide bonds. The van der Waals surface area contributed by atoms with Crippen molar-refractivity contribution in [3.8, 4) is 0 Å². The average molecular weight is 935 g/mol. The van der Waals surface area contributed by atoms with Crippen LogP contribution in [-0.4, -0.2) is 65.5 Å². The number of benzene rings is 2. The van der Waals surface area contributed by atoms with Crippen LogP contribution in [-0.2, 0) is 24.5 Å². The van der Waals surface area contributed by atoms with Crippen molar-refractivity contribution in [2.24, 2.45) is 5.92 Å². The zero-order valence-corrected chi connectivity index (χ0v) is 33.7. The highest BCUT2D eigenvalue weighted by Crippen LogP contribution is 2.55.